The normalized spacial score (nSPS) is 14.5. The van der Waals surface area contributed by atoms with Gasteiger partial charge >= 0.3 is 0 Å². The number of nitrogens with zero attached hydrogens (tertiary/aromatic N) is 2. The molecule has 1 aliphatic carbocycles. The number of rotatable bonds is 5. The van der Waals surface area contributed by atoms with Gasteiger partial charge in [0.05, 0.1) is 5.69 Å². The number of aromatic nitrogens is 2. The van der Waals surface area contributed by atoms with Gasteiger partial charge in [0, 0.05) is 19.6 Å². The minimum atomic E-state index is 0.738. The molecule has 0 spiro atoms. The van der Waals surface area contributed by atoms with E-state index in [-0.39, 0.29) is 0 Å². The Morgan fingerprint density at radius 3 is 2.62 bits per heavy atom. The van der Waals surface area contributed by atoms with Gasteiger partial charge in [-0.1, -0.05) is 12.1 Å². The molecule has 1 aliphatic rings. The van der Waals surface area contributed by atoms with Gasteiger partial charge in [0.2, 0.25) is 0 Å². The van der Waals surface area contributed by atoms with Crippen molar-refractivity contribution in [1.29, 1.82) is 0 Å². The van der Waals surface area contributed by atoms with E-state index >= 15 is 0 Å². The molecule has 4 nitrogen and oxygen atoms in total. The molecule has 112 valence electrons. The number of nitrogens with one attached hydrogen (secondary N) is 1. The molecule has 1 heterocycles. The molecule has 1 aromatic heterocycles. The van der Waals surface area contributed by atoms with E-state index in [1.165, 1.54) is 18.4 Å². The Morgan fingerprint density at radius 2 is 2.05 bits per heavy atom. The standard InChI is InChI=1S/C17H23N3O/c1-11-9-14(10-18-15-6-7-15)5-8-16(11)21-17-12(2)19-20(4)13(17)3/h5,8-9,15,18H,6-7,10H2,1-4H3. The van der Waals surface area contributed by atoms with Crippen molar-refractivity contribution in [2.45, 2.75) is 46.2 Å². The van der Waals surface area contributed by atoms with Crippen LogP contribution in [0.15, 0.2) is 18.2 Å². The summed E-state index contributed by atoms with van der Waals surface area (Å²) in [5.41, 5.74) is 4.44. The van der Waals surface area contributed by atoms with Gasteiger partial charge in [-0.15, -0.1) is 0 Å². The topological polar surface area (TPSA) is 39.1 Å². The van der Waals surface area contributed by atoms with Crippen LogP contribution in [-0.4, -0.2) is 15.8 Å². The Kier molecular flexibility index (Phi) is 3.72. The van der Waals surface area contributed by atoms with Crippen molar-refractivity contribution >= 4 is 0 Å². The summed E-state index contributed by atoms with van der Waals surface area (Å²) in [7, 11) is 1.94. The van der Waals surface area contributed by atoms with E-state index < -0.39 is 0 Å². The second-order valence-electron chi connectivity index (χ2n) is 5.98. The first-order valence-corrected chi connectivity index (χ1v) is 7.55. The molecule has 0 aliphatic heterocycles. The van der Waals surface area contributed by atoms with Gasteiger partial charge in [-0.3, -0.25) is 4.68 Å². The SMILES string of the molecule is Cc1cc(CNC2CC2)ccc1Oc1c(C)nn(C)c1C. The molecule has 0 radical (unpaired) electrons. The fourth-order valence-corrected chi connectivity index (χ4v) is 2.50. The van der Waals surface area contributed by atoms with Gasteiger partial charge in [0.1, 0.15) is 11.4 Å². The highest BCUT2D eigenvalue weighted by atomic mass is 16.5. The summed E-state index contributed by atoms with van der Waals surface area (Å²) in [6.45, 7) is 7.04. The van der Waals surface area contributed by atoms with Crippen molar-refractivity contribution in [3.8, 4) is 11.5 Å². The molecule has 1 saturated carbocycles. The van der Waals surface area contributed by atoms with Crippen LogP contribution in [0.2, 0.25) is 0 Å². The summed E-state index contributed by atoms with van der Waals surface area (Å²) in [4.78, 5) is 0. The molecule has 21 heavy (non-hydrogen) atoms. The number of aryl methyl sites for hydroxylation is 3. The van der Waals surface area contributed by atoms with Crippen LogP contribution in [0, 0.1) is 20.8 Å². The van der Waals surface area contributed by atoms with Crippen LogP contribution in [0.4, 0.5) is 0 Å². The van der Waals surface area contributed by atoms with E-state index in [4.69, 9.17) is 4.74 Å². The lowest BCUT2D eigenvalue weighted by molar-refractivity contribution is 0.470. The quantitative estimate of drug-likeness (QED) is 0.915. The highest BCUT2D eigenvalue weighted by Crippen LogP contribution is 2.30. The maximum absolute atomic E-state index is 6.08. The molecule has 0 saturated heterocycles. The van der Waals surface area contributed by atoms with Gasteiger partial charge in [-0.2, -0.15) is 5.10 Å². The number of benzene rings is 1. The van der Waals surface area contributed by atoms with Crippen LogP contribution in [-0.2, 0) is 13.6 Å². The van der Waals surface area contributed by atoms with Gasteiger partial charge in [-0.05, 0) is 50.8 Å². The van der Waals surface area contributed by atoms with Crippen LogP contribution in [0.5, 0.6) is 11.5 Å². The predicted molar refractivity (Wildman–Crippen MR) is 83.8 cm³/mol. The molecule has 1 fully saturated rings. The van der Waals surface area contributed by atoms with Crippen molar-refractivity contribution in [3.63, 3.8) is 0 Å². The van der Waals surface area contributed by atoms with Gasteiger partial charge in [0.25, 0.3) is 0 Å². The second kappa shape index (κ2) is 5.53. The zero-order valence-corrected chi connectivity index (χ0v) is 13.2. The van der Waals surface area contributed by atoms with Crippen molar-refractivity contribution in [3.05, 3.63) is 40.7 Å². The molecule has 0 unspecified atom stereocenters. The van der Waals surface area contributed by atoms with Crippen LogP contribution in [0.3, 0.4) is 0 Å². The molecule has 0 amide bonds. The van der Waals surface area contributed by atoms with Crippen LogP contribution >= 0.6 is 0 Å². The van der Waals surface area contributed by atoms with Crippen molar-refractivity contribution in [2.75, 3.05) is 0 Å². The maximum Gasteiger partial charge on any atom is 0.171 e. The fraction of sp³-hybridized carbons (Fsp3) is 0.471. The average Bonchev–Trinajstić information content (AvgIpc) is 3.23. The highest BCUT2D eigenvalue weighted by molar-refractivity contribution is 5.42. The Hall–Kier alpha value is -1.81. The molecule has 4 heteroatoms. The van der Waals surface area contributed by atoms with E-state index in [0.29, 0.717) is 0 Å². The Bertz CT molecular complexity index is 656. The largest absolute Gasteiger partial charge is 0.453 e. The maximum atomic E-state index is 6.08. The molecular weight excluding hydrogens is 262 g/mol. The molecule has 1 N–H and O–H groups in total. The van der Waals surface area contributed by atoms with Crippen molar-refractivity contribution < 1.29 is 4.74 Å². The second-order valence-corrected chi connectivity index (χ2v) is 5.98. The molecule has 1 aromatic carbocycles. The first kappa shape index (κ1) is 14.1. The number of hydrogen-bond donors (Lipinski definition) is 1. The summed E-state index contributed by atoms with van der Waals surface area (Å²) in [5, 5.41) is 7.93. The predicted octanol–water partition coefficient (Wildman–Crippen LogP) is 3.39. The van der Waals surface area contributed by atoms with E-state index in [1.807, 2.05) is 25.6 Å². The fourth-order valence-electron chi connectivity index (χ4n) is 2.50. The lowest BCUT2D eigenvalue weighted by atomic mass is 10.1. The van der Waals surface area contributed by atoms with E-state index in [0.717, 1.165) is 41.0 Å². The summed E-state index contributed by atoms with van der Waals surface area (Å²) in [6, 6.07) is 7.14. The van der Waals surface area contributed by atoms with E-state index in [9.17, 15) is 0 Å². The third kappa shape index (κ3) is 3.10. The lowest BCUT2D eigenvalue weighted by Gasteiger charge is -2.11. The first-order valence-electron chi connectivity index (χ1n) is 7.55. The van der Waals surface area contributed by atoms with E-state index in [2.05, 4.69) is 35.5 Å². The monoisotopic (exact) mass is 285 g/mol. The van der Waals surface area contributed by atoms with Crippen LogP contribution < -0.4 is 10.1 Å². The molecule has 2 aromatic rings. The first-order chi connectivity index (χ1) is 10.0. The minimum Gasteiger partial charge on any atom is -0.453 e. The van der Waals surface area contributed by atoms with Gasteiger partial charge in [-0.25, -0.2) is 0 Å². The third-order valence-corrected chi connectivity index (χ3v) is 4.07. The molecule has 0 bridgehead atoms. The lowest BCUT2D eigenvalue weighted by Crippen LogP contribution is -2.15. The summed E-state index contributed by atoms with van der Waals surface area (Å²) in [6.07, 6.45) is 2.64. The summed E-state index contributed by atoms with van der Waals surface area (Å²) in [5.74, 6) is 1.77. The van der Waals surface area contributed by atoms with Gasteiger partial charge < -0.3 is 10.1 Å². The van der Waals surface area contributed by atoms with Gasteiger partial charge in [0.15, 0.2) is 5.75 Å². The Balaban J connectivity index is 1.75. The Morgan fingerprint density at radius 1 is 1.29 bits per heavy atom. The van der Waals surface area contributed by atoms with Crippen molar-refractivity contribution in [2.24, 2.45) is 7.05 Å². The zero-order chi connectivity index (χ0) is 15.0. The summed E-state index contributed by atoms with van der Waals surface area (Å²) < 4.78 is 7.94. The van der Waals surface area contributed by atoms with Crippen LogP contribution in [0.1, 0.15) is 35.4 Å². The number of hydrogen-bond acceptors (Lipinski definition) is 3. The zero-order valence-electron chi connectivity index (χ0n) is 13.2. The molecule has 0 atom stereocenters. The van der Waals surface area contributed by atoms with Crippen molar-refractivity contribution in [1.82, 2.24) is 15.1 Å². The Labute approximate surface area is 126 Å². The smallest absolute Gasteiger partial charge is 0.171 e. The van der Waals surface area contributed by atoms with Crippen LogP contribution in [0.25, 0.3) is 0 Å². The van der Waals surface area contributed by atoms with E-state index in [1.54, 1.807) is 0 Å². The summed E-state index contributed by atoms with van der Waals surface area (Å²) >= 11 is 0. The number of ether oxygens (including phenoxy) is 1. The molecule has 3 rings (SSSR count). The third-order valence-electron chi connectivity index (χ3n) is 4.07. The highest BCUT2D eigenvalue weighted by Gasteiger charge is 2.20. The average molecular weight is 285 g/mol. The minimum absolute atomic E-state index is 0.738. The molecular formula is C17H23N3O.